The molecule has 3 amide bonds. The summed E-state index contributed by atoms with van der Waals surface area (Å²) in [5.74, 6) is 0.0378. The fourth-order valence-corrected chi connectivity index (χ4v) is 3.47. The van der Waals surface area contributed by atoms with Crippen LogP contribution in [0.25, 0.3) is 0 Å². The number of nitrogens with one attached hydrogen (secondary N) is 6. The first-order valence-corrected chi connectivity index (χ1v) is 8.96. The van der Waals surface area contributed by atoms with Crippen molar-refractivity contribution in [2.45, 2.75) is 31.3 Å². The number of fused-ring (bicyclic) bond motifs is 1. The number of urea groups is 1. The zero-order valence-corrected chi connectivity index (χ0v) is 15.7. The quantitative estimate of drug-likeness (QED) is 0.405. The van der Waals surface area contributed by atoms with Crippen LogP contribution >= 0.6 is 0 Å². The van der Waals surface area contributed by atoms with Crippen molar-refractivity contribution in [3.63, 3.8) is 0 Å². The summed E-state index contributed by atoms with van der Waals surface area (Å²) in [5, 5.41) is 11.4. The summed E-state index contributed by atoms with van der Waals surface area (Å²) in [6.07, 6.45) is -0.445. The van der Waals surface area contributed by atoms with Crippen molar-refractivity contribution in [1.82, 2.24) is 32.1 Å². The molecule has 0 aromatic heterocycles. The number of carbonyl (C=O) groups is 2. The van der Waals surface area contributed by atoms with Crippen LogP contribution < -0.4 is 36.9 Å². The SMILES string of the molecule is COC(=O)NC1NNC2CC(NC(=O)NCc3c(F)cccc3OC)NCC21. The van der Waals surface area contributed by atoms with Gasteiger partial charge < -0.3 is 25.4 Å². The third-order valence-corrected chi connectivity index (χ3v) is 4.94. The summed E-state index contributed by atoms with van der Waals surface area (Å²) < 4.78 is 23.7. The van der Waals surface area contributed by atoms with Crippen LogP contribution in [0.2, 0.25) is 0 Å². The van der Waals surface area contributed by atoms with Gasteiger partial charge in [0.25, 0.3) is 0 Å². The monoisotopic (exact) mass is 396 g/mol. The second kappa shape index (κ2) is 9.04. The van der Waals surface area contributed by atoms with Crippen molar-refractivity contribution >= 4 is 12.1 Å². The normalized spacial score (nSPS) is 26.1. The molecule has 10 nitrogen and oxygen atoms in total. The summed E-state index contributed by atoms with van der Waals surface area (Å²) in [4.78, 5) is 23.6. The number of rotatable bonds is 5. The minimum Gasteiger partial charge on any atom is -0.496 e. The Morgan fingerprint density at radius 3 is 2.82 bits per heavy atom. The van der Waals surface area contributed by atoms with Crippen molar-refractivity contribution < 1.29 is 23.5 Å². The molecular weight excluding hydrogens is 371 g/mol. The lowest BCUT2D eigenvalue weighted by Gasteiger charge is -2.34. The third kappa shape index (κ3) is 4.61. The maximum absolute atomic E-state index is 13.9. The number of hydrogen-bond donors (Lipinski definition) is 6. The molecule has 0 saturated carbocycles. The number of methoxy groups -OCH3 is 2. The van der Waals surface area contributed by atoms with E-state index < -0.39 is 17.9 Å². The molecule has 0 bridgehead atoms. The van der Waals surface area contributed by atoms with Crippen molar-refractivity contribution in [1.29, 1.82) is 0 Å². The zero-order valence-electron chi connectivity index (χ0n) is 15.7. The number of amides is 3. The molecule has 0 radical (unpaired) electrons. The van der Waals surface area contributed by atoms with Crippen LogP contribution in [0.1, 0.15) is 12.0 Å². The predicted molar refractivity (Wildman–Crippen MR) is 97.6 cm³/mol. The number of carbonyl (C=O) groups excluding carboxylic acids is 2. The molecule has 154 valence electrons. The van der Waals surface area contributed by atoms with Gasteiger partial charge in [0.2, 0.25) is 0 Å². The van der Waals surface area contributed by atoms with Gasteiger partial charge >= 0.3 is 12.1 Å². The molecule has 0 aliphatic carbocycles. The molecule has 1 aromatic rings. The Kier molecular flexibility index (Phi) is 6.49. The van der Waals surface area contributed by atoms with E-state index >= 15 is 0 Å². The first-order chi connectivity index (χ1) is 13.5. The molecule has 0 spiro atoms. The van der Waals surface area contributed by atoms with Crippen molar-refractivity contribution in [2.75, 3.05) is 20.8 Å². The Bertz CT molecular complexity index is 721. The zero-order chi connectivity index (χ0) is 20.1. The molecule has 4 atom stereocenters. The maximum Gasteiger partial charge on any atom is 0.408 e. The molecule has 3 rings (SSSR count). The number of ether oxygens (including phenoxy) is 2. The summed E-state index contributed by atoms with van der Waals surface area (Å²) in [5.41, 5.74) is 6.43. The Morgan fingerprint density at radius 2 is 2.07 bits per heavy atom. The second-order valence-electron chi connectivity index (χ2n) is 6.62. The predicted octanol–water partition coefficient (Wildman–Crippen LogP) is -0.272. The number of hydrazine groups is 1. The van der Waals surface area contributed by atoms with E-state index in [1.807, 2.05) is 0 Å². The van der Waals surface area contributed by atoms with Crippen LogP contribution in [0.15, 0.2) is 18.2 Å². The van der Waals surface area contributed by atoms with Crippen molar-refractivity contribution in [3.8, 4) is 5.75 Å². The molecule has 11 heteroatoms. The van der Waals surface area contributed by atoms with Crippen molar-refractivity contribution in [2.24, 2.45) is 5.92 Å². The van der Waals surface area contributed by atoms with E-state index in [1.165, 1.54) is 20.3 Å². The lowest BCUT2D eigenvalue weighted by molar-refractivity contribution is 0.158. The summed E-state index contributed by atoms with van der Waals surface area (Å²) >= 11 is 0. The molecule has 2 aliphatic heterocycles. The van der Waals surface area contributed by atoms with Gasteiger partial charge in [-0.3, -0.25) is 10.7 Å². The van der Waals surface area contributed by atoms with Gasteiger partial charge in [0, 0.05) is 24.1 Å². The standard InChI is InChI=1S/C17H25FN6O4/c1-27-13-5-3-4-11(18)9(13)7-20-16(25)21-14-6-12-10(8-19-14)15(24-23-12)22-17(26)28-2/h3-5,10,12,14-15,19,23-24H,6-8H2,1-2H3,(H,22,26)(H2,20,21,25). The highest BCUT2D eigenvalue weighted by Gasteiger charge is 2.41. The molecule has 2 fully saturated rings. The Labute approximate surface area is 161 Å². The number of piperidine rings is 1. The van der Waals surface area contributed by atoms with Crippen molar-refractivity contribution in [3.05, 3.63) is 29.6 Å². The highest BCUT2D eigenvalue weighted by molar-refractivity contribution is 5.74. The number of alkyl carbamates (subject to hydrolysis) is 1. The smallest absolute Gasteiger partial charge is 0.408 e. The highest BCUT2D eigenvalue weighted by Crippen LogP contribution is 2.22. The van der Waals surface area contributed by atoms with E-state index in [1.54, 1.807) is 12.1 Å². The molecule has 28 heavy (non-hydrogen) atoms. The first kappa shape index (κ1) is 20.1. The van der Waals surface area contributed by atoms with Crippen LogP contribution in [-0.4, -0.2) is 51.3 Å². The summed E-state index contributed by atoms with van der Waals surface area (Å²) in [6.45, 7) is 0.580. The van der Waals surface area contributed by atoms with E-state index in [4.69, 9.17) is 4.74 Å². The number of hydrogen-bond acceptors (Lipinski definition) is 7. The topological polar surface area (TPSA) is 125 Å². The maximum atomic E-state index is 13.9. The third-order valence-electron chi connectivity index (χ3n) is 4.94. The van der Waals surface area contributed by atoms with Gasteiger partial charge in [0.1, 0.15) is 17.7 Å². The van der Waals surface area contributed by atoms with Gasteiger partial charge in [-0.25, -0.2) is 19.4 Å². The van der Waals surface area contributed by atoms with E-state index in [0.29, 0.717) is 18.7 Å². The first-order valence-electron chi connectivity index (χ1n) is 8.96. The van der Waals surface area contributed by atoms with Crippen LogP contribution in [0, 0.1) is 11.7 Å². The van der Waals surface area contributed by atoms with E-state index in [0.717, 1.165) is 0 Å². The van der Waals surface area contributed by atoms with E-state index in [9.17, 15) is 14.0 Å². The van der Waals surface area contributed by atoms with Gasteiger partial charge in [-0.05, 0) is 18.6 Å². The second-order valence-corrected chi connectivity index (χ2v) is 6.62. The largest absolute Gasteiger partial charge is 0.496 e. The molecule has 2 saturated heterocycles. The van der Waals surface area contributed by atoms with Gasteiger partial charge in [0.05, 0.1) is 26.9 Å². The highest BCUT2D eigenvalue weighted by atomic mass is 19.1. The van der Waals surface area contributed by atoms with E-state index in [-0.39, 0.29) is 36.4 Å². The van der Waals surface area contributed by atoms with Crippen LogP contribution in [0.5, 0.6) is 5.75 Å². The van der Waals surface area contributed by atoms with Crippen LogP contribution in [-0.2, 0) is 11.3 Å². The Morgan fingerprint density at radius 1 is 1.25 bits per heavy atom. The van der Waals surface area contributed by atoms with Gasteiger partial charge in [-0.1, -0.05) is 6.07 Å². The fourth-order valence-electron chi connectivity index (χ4n) is 3.47. The number of benzene rings is 1. The molecule has 1 aromatic carbocycles. The van der Waals surface area contributed by atoms with Gasteiger partial charge in [-0.15, -0.1) is 0 Å². The summed E-state index contributed by atoms with van der Waals surface area (Å²) in [6, 6.07) is 4.14. The van der Waals surface area contributed by atoms with Gasteiger partial charge in [-0.2, -0.15) is 0 Å². The van der Waals surface area contributed by atoms with Gasteiger partial charge in [0.15, 0.2) is 0 Å². The Balaban J connectivity index is 1.47. The van der Waals surface area contributed by atoms with Crippen LogP contribution in [0.4, 0.5) is 14.0 Å². The minimum atomic E-state index is -0.511. The minimum absolute atomic E-state index is 0.00534. The molecule has 2 aliphatic rings. The van der Waals surface area contributed by atoms with E-state index in [2.05, 4.69) is 36.9 Å². The van der Waals surface area contributed by atoms with Crippen LogP contribution in [0.3, 0.4) is 0 Å². The summed E-state index contributed by atoms with van der Waals surface area (Å²) in [7, 11) is 2.76. The molecule has 4 unspecified atom stereocenters. The lowest BCUT2D eigenvalue weighted by Crippen LogP contribution is -2.59. The molecule has 2 heterocycles. The Hall–Kier alpha value is -2.63. The lowest BCUT2D eigenvalue weighted by atomic mass is 9.91. The average molecular weight is 396 g/mol. The average Bonchev–Trinajstić information content (AvgIpc) is 3.08. The molecular formula is C17H25FN6O4. The fraction of sp³-hybridized carbons (Fsp3) is 0.529. The number of halogens is 1. The molecule has 6 N–H and O–H groups in total.